The third kappa shape index (κ3) is 2.58. The fourth-order valence-corrected chi connectivity index (χ4v) is 3.21. The second-order valence-corrected chi connectivity index (χ2v) is 6.25. The minimum absolute atomic E-state index is 0.112. The fourth-order valence-electron chi connectivity index (χ4n) is 3.21. The summed E-state index contributed by atoms with van der Waals surface area (Å²) in [5, 5.41) is 21.8. The molecular formula is C19H19N5O2. The van der Waals surface area contributed by atoms with Crippen LogP contribution in [0.25, 0.3) is 11.3 Å². The molecule has 0 fully saturated rings. The molecular weight excluding hydrogens is 330 g/mol. The van der Waals surface area contributed by atoms with Gasteiger partial charge in [-0.05, 0) is 23.8 Å². The molecule has 0 spiro atoms. The van der Waals surface area contributed by atoms with Gasteiger partial charge in [0.1, 0.15) is 23.8 Å². The average Bonchev–Trinajstić information content (AvgIpc) is 3.20. The first kappa shape index (κ1) is 16.2. The second kappa shape index (κ2) is 6.20. The predicted octanol–water partition coefficient (Wildman–Crippen LogP) is 2.60. The van der Waals surface area contributed by atoms with Crippen molar-refractivity contribution >= 4 is 17.7 Å². The molecule has 0 radical (unpaired) electrons. The smallest absolute Gasteiger partial charge is 0.169 e. The van der Waals surface area contributed by atoms with Crippen LogP contribution in [0.15, 0.2) is 42.5 Å². The Morgan fingerprint density at radius 1 is 1.19 bits per heavy atom. The van der Waals surface area contributed by atoms with Crippen molar-refractivity contribution in [2.24, 2.45) is 12.8 Å². The highest BCUT2D eigenvalue weighted by Gasteiger charge is 2.29. The Morgan fingerprint density at radius 2 is 1.92 bits per heavy atom. The molecule has 0 saturated heterocycles. The zero-order chi connectivity index (χ0) is 18.3. The van der Waals surface area contributed by atoms with Crippen LogP contribution in [0.5, 0.6) is 5.75 Å². The van der Waals surface area contributed by atoms with Gasteiger partial charge in [-0.15, -0.1) is 0 Å². The molecule has 3 aromatic rings. The normalized spacial score (nSPS) is 15.2. The minimum Gasteiger partial charge on any atom is -0.504 e. The van der Waals surface area contributed by atoms with E-state index in [1.807, 2.05) is 30.3 Å². The Bertz CT molecular complexity index is 978. The number of rotatable bonds is 4. The maximum Gasteiger partial charge on any atom is 0.169 e. The molecule has 7 heteroatoms. The molecule has 0 aliphatic carbocycles. The van der Waals surface area contributed by atoms with Gasteiger partial charge >= 0.3 is 0 Å². The van der Waals surface area contributed by atoms with E-state index in [0.29, 0.717) is 23.5 Å². The van der Waals surface area contributed by atoms with Crippen molar-refractivity contribution in [3.05, 3.63) is 59.3 Å². The summed E-state index contributed by atoms with van der Waals surface area (Å²) in [6.07, 6.45) is 0.460. The zero-order valence-electron chi connectivity index (χ0n) is 14.2. The first-order chi connectivity index (χ1) is 12.6. The quantitative estimate of drug-likeness (QED) is 0.540. The number of aromatic hydroxyl groups is 1. The van der Waals surface area contributed by atoms with Crippen molar-refractivity contribution in [1.29, 1.82) is 0 Å². The summed E-state index contributed by atoms with van der Waals surface area (Å²) in [6.45, 7) is 0.469. The summed E-state index contributed by atoms with van der Waals surface area (Å²) in [6, 6.07) is 13.0. The van der Waals surface area contributed by atoms with Crippen LogP contribution >= 0.6 is 0 Å². The van der Waals surface area contributed by atoms with Crippen molar-refractivity contribution in [3.8, 4) is 17.0 Å². The molecule has 0 amide bonds. The Balaban J connectivity index is 1.68. The highest BCUT2D eigenvalue weighted by molar-refractivity contribution is 5.84. The van der Waals surface area contributed by atoms with Gasteiger partial charge in [0.25, 0.3) is 0 Å². The number of nitrogens with two attached hydrogens (primary N) is 1. The number of aldehydes is 1. The van der Waals surface area contributed by atoms with Crippen LogP contribution in [0.4, 0.5) is 11.4 Å². The topological polar surface area (TPSA) is 105 Å². The number of aryl methyl sites for hydroxylation is 1. The first-order valence-electron chi connectivity index (χ1n) is 8.28. The SMILES string of the molecule is Cn1nc(-c2ccc(CN)cc2)c(O)c1C1Nc2ccc(C=O)cc2N1. The molecule has 1 aliphatic rings. The summed E-state index contributed by atoms with van der Waals surface area (Å²) in [5.41, 5.74) is 10.9. The molecule has 132 valence electrons. The average molecular weight is 349 g/mol. The van der Waals surface area contributed by atoms with Crippen molar-refractivity contribution in [1.82, 2.24) is 9.78 Å². The summed E-state index contributed by atoms with van der Waals surface area (Å²) < 4.78 is 1.65. The third-order valence-corrected chi connectivity index (χ3v) is 4.58. The van der Waals surface area contributed by atoms with Gasteiger partial charge in [-0.3, -0.25) is 9.48 Å². The van der Waals surface area contributed by atoms with Crippen LogP contribution in [0, 0.1) is 0 Å². The lowest BCUT2D eigenvalue weighted by molar-refractivity contribution is 0.112. The van der Waals surface area contributed by atoms with E-state index in [2.05, 4.69) is 15.7 Å². The van der Waals surface area contributed by atoms with Gasteiger partial charge < -0.3 is 21.5 Å². The molecule has 1 aliphatic heterocycles. The number of hydrogen-bond donors (Lipinski definition) is 4. The molecule has 1 unspecified atom stereocenters. The first-order valence-corrected chi connectivity index (χ1v) is 8.28. The Hall–Kier alpha value is -3.32. The van der Waals surface area contributed by atoms with E-state index in [1.165, 1.54) is 0 Å². The number of anilines is 2. The maximum atomic E-state index is 11.0. The van der Waals surface area contributed by atoms with Gasteiger partial charge in [-0.1, -0.05) is 24.3 Å². The number of benzene rings is 2. The number of carbonyl (C=O) groups is 1. The zero-order valence-corrected chi connectivity index (χ0v) is 14.2. The lowest BCUT2D eigenvalue weighted by Crippen LogP contribution is -2.16. The van der Waals surface area contributed by atoms with Gasteiger partial charge in [0.15, 0.2) is 5.75 Å². The molecule has 7 nitrogen and oxygen atoms in total. The van der Waals surface area contributed by atoms with Crippen LogP contribution in [0.3, 0.4) is 0 Å². The number of nitrogens with zero attached hydrogens (tertiary/aromatic N) is 2. The maximum absolute atomic E-state index is 11.0. The van der Waals surface area contributed by atoms with Gasteiger partial charge in [-0.25, -0.2) is 0 Å². The van der Waals surface area contributed by atoms with Gasteiger partial charge in [-0.2, -0.15) is 5.10 Å². The van der Waals surface area contributed by atoms with Crippen molar-refractivity contribution in [2.75, 3.05) is 10.6 Å². The number of carbonyl (C=O) groups excluding carboxylic acids is 1. The molecule has 1 aromatic heterocycles. The standard InChI is InChI=1S/C19H19N5O2/c1-24-17(19-21-14-7-4-12(10-25)8-15(14)22-19)18(26)16(23-24)13-5-2-11(9-20)3-6-13/h2-8,10,19,21-22,26H,9,20H2,1H3. The molecule has 26 heavy (non-hydrogen) atoms. The van der Waals surface area contributed by atoms with E-state index >= 15 is 0 Å². The Morgan fingerprint density at radius 3 is 2.62 bits per heavy atom. The van der Waals surface area contributed by atoms with Gasteiger partial charge in [0, 0.05) is 24.7 Å². The van der Waals surface area contributed by atoms with E-state index in [4.69, 9.17) is 5.73 Å². The van der Waals surface area contributed by atoms with Crippen LogP contribution in [0.1, 0.15) is 27.8 Å². The monoisotopic (exact) mass is 349 g/mol. The van der Waals surface area contributed by atoms with Gasteiger partial charge in [0.2, 0.25) is 0 Å². The fraction of sp³-hybridized carbons (Fsp3) is 0.158. The van der Waals surface area contributed by atoms with E-state index in [9.17, 15) is 9.90 Å². The number of aromatic nitrogens is 2. The third-order valence-electron chi connectivity index (χ3n) is 4.58. The van der Waals surface area contributed by atoms with Crippen LogP contribution in [-0.2, 0) is 13.6 Å². The predicted molar refractivity (Wildman–Crippen MR) is 100 cm³/mol. The Labute approximate surface area is 150 Å². The lowest BCUT2D eigenvalue weighted by Gasteiger charge is -2.13. The molecule has 2 heterocycles. The molecule has 2 aromatic carbocycles. The number of hydrogen-bond acceptors (Lipinski definition) is 6. The van der Waals surface area contributed by atoms with E-state index in [0.717, 1.165) is 28.8 Å². The second-order valence-electron chi connectivity index (χ2n) is 6.25. The molecule has 0 bridgehead atoms. The van der Waals surface area contributed by atoms with Crippen molar-refractivity contribution < 1.29 is 9.90 Å². The Kier molecular flexibility index (Phi) is 3.85. The summed E-state index contributed by atoms with van der Waals surface area (Å²) in [4.78, 5) is 11.0. The number of fused-ring (bicyclic) bond motifs is 1. The van der Waals surface area contributed by atoms with E-state index in [-0.39, 0.29) is 11.9 Å². The highest BCUT2D eigenvalue weighted by Crippen LogP contribution is 2.41. The van der Waals surface area contributed by atoms with Crippen molar-refractivity contribution in [2.45, 2.75) is 12.7 Å². The lowest BCUT2D eigenvalue weighted by atomic mass is 10.1. The summed E-state index contributed by atoms with van der Waals surface area (Å²) >= 11 is 0. The summed E-state index contributed by atoms with van der Waals surface area (Å²) in [5.74, 6) is 0.112. The molecule has 4 rings (SSSR count). The van der Waals surface area contributed by atoms with Crippen molar-refractivity contribution in [3.63, 3.8) is 0 Å². The highest BCUT2D eigenvalue weighted by atomic mass is 16.3. The van der Waals surface area contributed by atoms with Crippen LogP contribution in [-0.4, -0.2) is 21.2 Å². The largest absolute Gasteiger partial charge is 0.504 e. The molecule has 5 N–H and O–H groups in total. The summed E-state index contributed by atoms with van der Waals surface area (Å²) in [7, 11) is 1.79. The minimum atomic E-state index is -0.346. The van der Waals surface area contributed by atoms with Gasteiger partial charge in [0.05, 0.1) is 11.4 Å². The van der Waals surface area contributed by atoms with Crippen LogP contribution < -0.4 is 16.4 Å². The molecule has 0 saturated carbocycles. The number of nitrogens with one attached hydrogen (secondary N) is 2. The molecule has 1 atom stereocenters. The van der Waals surface area contributed by atoms with E-state index < -0.39 is 0 Å². The van der Waals surface area contributed by atoms with E-state index in [1.54, 1.807) is 23.9 Å². The van der Waals surface area contributed by atoms with Crippen LogP contribution in [0.2, 0.25) is 0 Å².